The molecule has 1 aliphatic heterocycles. The first-order valence-electron chi connectivity index (χ1n) is 8.42. The second-order valence-corrected chi connectivity index (χ2v) is 6.38. The molecule has 1 saturated carbocycles. The zero-order chi connectivity index (χ0) is 16.2. The van der Waals surface area contributed by atoms with Crippen LogP contribution in [0, 0.1) is 5.92 Å². The van der Waals surface area contributed by atoms with Gasteiger partial charge < -0.3 is 4.74 Å². The fraction of sp³-hybridized carbons (Fsp3) is 0.474. The lowest BCUT2D eigenvalue weighted by Gasteiger charge is -2.21. The summed E-state index contributed by atoms with van der Waals surface area (Å²) in [7, 11) is 0. The third-order valence-corrected chi connectivity index (χ3v) is 4.42. The van der Waals surface area contributed by atoms with Crippen molar-refractivity contribution >= 4 is 12.0 Å². The summed E-state index contributed by atoms with van der Waals surface area (Å²) in [5.41, 5.74) is 1.88. The van der Waals surface area contributed by atoms with Gasteiger partial charge >= 0.3 is 6.09 Å². The van der Waals surface area contributed by atoms with E-state index >= 15 is 0 Å². The van der Waals surface area contributed by atoms with Crippen LogP contribution in [0.2, 0.25) is 0 Å². The summed E-state index contributed by atoms with van der Waals surface area (Å²) < 4.78 is 5.16. The highest BCUT2D eigenvalue weighted by Crippen LogP contribution is 2.36. The Bertz CT molecular complexity index is 604. The van der Waals surface area contributed by atoms with Crippen LogP contribution >= 0.6 is 0 Å². The second-order valence-electron chi connectivity index (χ2n) is 6.38. The summed E-state index contributed by atoms with van der Waals surface area (Å²) in [6.07, 6.45) is 6.06. The van der Waals surface area contributed by atoms with Gasteiger partial charge in [-0.2, -0.15) is 0 Å². The van der Waals surface area contributed by atoms with Gasteiger partial charge in [-0.25, -0.2) is 9.69 Å². The summed E-state index contributed by atoms with van der Waals surface area (Å²) >= 11 is 0. The maximum absolute atomic E-state index is 12.9. The van der Waals surface area contributed by atoms with E-state index in [0.29, 0.717) is 12.3 Å². The number of hydrogen-bond acceptors (Lipinski definition) is 3. The number of cyclic esters (lactones) is 1. The van der Waals surface area contributed by atoms with Crippen LogP contribution in [0.5, 0.6) is 0 Å². The predicted octanol–water partition coefficient (Wildman–Crippen LogP) is 3.71. The third-order valence-electron chi connectivity index (χ3n) is 4.42. The number of benzene rings is 1. The molecule has 0 radical (unpaired) electrons. The number of ether oxygens (including phenoxy) is 1. The van der Waals surface area contributed by atoms with Crippen molar-refractivity contribution in [3.05, 3.63) is 47.5 Å². The molecule has 0 aromatic heterocycles. The highest BCUT2D eigenvalue weighted by molar-refractivity contribution is 6.03. The highest BCUT2D eigenvalue weighted by atomic mass is 16.6. The van der Waals surface area contributed by atoms with Crippen molar-refractivity contribution in [2.45, 2.75) is 45.1 Å². The molecule has 2 fully saturated rings. The molecule has 3 rings (SSSR count). The first-order chi connectivity index (χ1) is 11.2. The fourth-order valence-electron chi connectivity index (χ4n) is 3.04. The molecule has 0 bridgehead atoms. The van der Waals surface area contributed by atoms with Gasteiger partial charge in [0.05, 0.1) is 6.04 Å². The molecule has 2 aliphatic rings. The number of carbonyl (C=O) groups is 2. The van der Waals surface area contributed by atoms with Crippen LogP contribution in [-0.2, 0) is 16.0 Å². The smallest absolute Gasteiger partial charge is 0.417 e. The molecule has 1 aliphatic carbocycles. The van der Waals surface area contributed by atoms with E-state index in [2.05, 4.69) is 0 Å². The number of carbonyl (C=O) groups excluding carboxylic acids is 2. The van der Waals surface area contributed by atoms with Gasteiger partial charge in [0.1, 0.15) is 6.61 Å². The lowest BCUT2D eigenvalue weighted by atomic mass is 10.0. The molecule has 2 amide bonds. The molecule has 23 heavy (non-hydrogen) atoms. The topological polar surface area (TPSA) is 46.6 Å². The van der Waals surface area contributed by atoms with Crippen LogP contribution in [0.25, 0.3) is 0 Å². The monoisotopic (exact) mass is 313 g/mol. The second kappa shape index (κ2) is 6.99. The van der Waals surface area contributed by atoms with Gasteiger partial charge in [0.25, 0.3) is 5.91 Å². The number of rotatable bonds is 6. The highest BCUT2D eigenvalue weighted by Gasteiger charge is 2.39. The lowest BCUT2D eigenvalue weighted by Crippen LogP contribution is -2.41. The zero-order valence-corrected chi connectivity index (χ0v) is 13.5. The van der Waals surface area contributed by atoms with Gasteiger partial charge in [-0.15, -0.1) is 0 Å². The molecule has 0 N–H and O–H groups in total. The molecule has 0 spiro atoms. The van der Waals surface area contributed by atoms with E-state index in [0.717, 1.165) is 24.0 Å². The van der Waals surface area contributed by atoms with Crippen molar-refractivity contribution in [1.82, 2.24) is 4.90 Å². The van der Waals surface area contributed by atoms with E-state index in [-0.39, 0.29) is 18.6 Å². The summed E-state index contributed by atoms with van der Waals surface area (Å²) in [5.74, 6) is 0.449. The van der Waals surface area contributed by atoms with E-state index in [9.17, 15) is 9.59 Å². The first kappa shape index (κ1) is 15.8. The normalized spacial score (nSPS) is 21.4. The number of allylic oxidation sites excluding steroid dienone is 1. The van der Waals surface area contributed by atoms with Gasteiger partial charge in [0.2, 0.25) is 0 Å². The molecule has 1 heterocycles. The maximum atomic E-state index is 12.9. The Labute approximate surface area is 137 Å². The van der Waals surface area contributed by atoms with Crippen molar-refractivity contribution in [2.75, 3.05) is 6.61 Å². The Morgan fingerprint density at radius 1 is 1.30 bits per heavy atom. The van der Waals surface area contributed by atoms with E-state index in [1.165, 1.54) is 17.7 Å². The molecular formula is C19H23NO3. The van der Waals surface area contributed by atoms with Crippen LogP contribution in [0.3, 0.4) is 0 Å². The molecule has 1 aromatic carbocycles. The SMILES string of the molecule is CC/C=C(\CC1CC1)C(=O)N1C(=O)OCC1Cc1ccccc1. The van der Waals surface area contributed by atoms with Crippen LogP contribution in [0.4, 0.5) is 4.79 Å². The van der Waals surface area contributed by atoms with Crippen LogP contribution in [0.1, 0.15) is 38.2 Å². The average molecular weight is 313 g/mol. The van der Waals surface area contributed by atoms with Crippen molar-refractivity contribution in [2.24, 2.45) is 5.92 Å². The van der Waals surface area contributed by atoms with Crippen molar-refractivity contribution in [1.29, 1.82) is 0 Å². The minimum Gasteiger partial charge on any atom is -0.447 e. The van der Waals surface area contributed by atoms with Gasteiger partial charge in [-0.3, -0.25) is 4.79 Å². The molecule has 4 nitrogen and oxygen atoms in total. The van der Waals surface area contributed by atoms with Crippen molar-refractivity contribution in [3.63, 3.8) is 0 Å². The van der Waals surface area contributed by atoms with Gasteiger partial charge in [-0.1, -0.05) is 43.3 Å². The fourth-order valence-corrected chi connectivity index (χ4v) is 3.04. The number of hydrogen-bond donors (Lipinski definition) is 0. The minimum absolute atomic E-state index is 0.165. The van der Waals surface area contributed by atoms with E-state index in [1.807, 2.05) is 43.3 Å². The standard InChI is InChI=1S/C19H23NO3/c1-2-6-16(11-15-9-10-15)18(21)20-17(13-23-19(20)22)12-14-7-4-3-5-8-14/h3-8,15,17H,2,9-13H2,1H3/b16-6+. The molecule has 4 heteroatoms. The molecule has 1 saturated heterocycles. The van der Waals surface area contributed by atoms with E-state index < -0.39 is 6.09 Å². The summed E-state index contributed by atoms with van der Waals surface area (Å²) in [5, 5.41) is 0. The van der Waals surface area contributed by atoms with Crippen LogP contribution < -0.4 is 0 Å². The number of imide groups is 1. The molecule has 1 aromatic rings. The zero-order valence-electron chi connectivity index (χ0n) is 13.5. The minimum atomic E-state index is -0.506. The Morgan fingerprint density at radius 3 is 2.70 bits per heavy atom. The van der Waals surface area contributed by atoms with Gasteiger partial charge in [0.15, 0.2) is 0 Å². The first-order valence-corrected chi connectivity index (χ1v) is 8.42. The van der Waals surface area contributed by atoms with E-state index in [1.54, 1.807) is 0 Å². The molecule has 122 valence electrons. The van der Waals surface area contributed by atoms with E-state index in [4.69, 9.17) is 4.74 Å². The third kappa shape index (κ3) is 3.81. The lowest BCUT2D eigenvalue weighted by molar-refractivity contribution is -0.125. The Kier molecular flexibility index (Phi) is 4.79. The number of nitrogens with zero attached hydrogens (tertiary/aromatic N) is 1. The van der Waals surface area contributed by atoms with Gasteiger partial charge in [0, 0.05) is 5.57 Å². The predicted molar refractivity (Wildman–Crippen MR) is 87.8 cm³/mol. The van der Waals surface area contributed by atoms with Crippen LogP contribution in [-0.4, -0.2) is 29.5 Å². The van der Waals surface area contributed by atoms with Crippen LogP contribution in [0.15, 0.2) is 42.0 Å². The largest absolute Gasteiger partial charge is 0.447 e. The molecular weight excluding hydrogens is 290 g/mol. The Balaban J connectivity index is 1.75. The van der Waals surface area contributed by atoms with Crippen molar-refractivity contribution in [3.8, 4) is 0 Å². The quantitative estimate of drug-likeness (QED) is 0.752. The van der Waals surface area contributed by atoms with Crippen molar-refractivity contribution < 1.29 is 14.3 Å². The summed E-state index contributed by atoms with van der Waals surface area (Å²) in [4.78, 5) is 26.3. The average Bonchev–Trinajstić information content (AvgIpc) is 3.30. The molecule has 1 unspecified atom stereocenters. The summed E-state index contributed by atoms with van der Waals surface area (Å²) in [6, 6.07) is 9.71. The van der Waals surface area contributed by atoms with Gasteiger partial charge in [-0.05, 0) is 43.6 Å². The summed E-state index contributed by atoms with van der Waals surface area (Å²) in [6.45, 7) is 2.30. The number of amides is 2. The Hall–Kier alpha value is -2.10. The molecule has 1 atom stereocenters. The Morgan fingerprint density at radius 2 is 2.04 bits per heavy atom. The maximum Gasteiger partial charge on any atom is 0.417 e.